The molecule has 3 nitrogen and oxygen atoms in total. The molecule has 0 aromatic rings. The zero-order chi connectivity index (χ0) is 11.7. The van der Waals surface area contributed by atoms with Crippen LogP contribution in [0.5, 0.6) is 0 Å². The van der Waals surface area contributed by atoms with Crippen molar-refractivity contribution in [1.82, 2.24) is 10.6 Å². The second-order valence-corrected chi connectivity index (χ2v) is 6.97. The minimum atomic E-state index is 0.695. The number of nitrogens with one attached hydrogen (secondary N) is 2. The normalized spacial score (nSPS) is 31.4. The standard InChI is InChI=1S/C13H23N3S/c1-14-12(16-11-2-3-11)15-9-10-8-13(10)4-6-17-7-5-13/h10-11H,2-9H2,1H3,(H2,14,15,16). The van der Waals surface area contributed by atoms with Crippen LogP contribution >= 0.6 is 11.8 Å². The Labute approximate surface area is 108 Å². The minimum absolute atomic E-state index is 0.695. The van der Waals surface area contributed by atoms with Gasteiger partial charge in [0.05, 0.1) is 0 Å². The highest BCUT2D eigenvalue weighted by Crippen LogP contribution is 2.60. The van der Waals surface area contributed by atoms with Crippen LogP contribution in [0, 0.1) is 11.3 Å². The third kappa shape index (κ3) is 2.72. The highest BCUT2D eigenvalue weighted by atomic mass is 32.2. The summed E-state index contributed by atoms with van der Waals surface area (Å²) in [4.78, 5) is 4.29. The van der Waals surface area contributed by atoms with Gasteiger partial charge in [-0.3, -0.25) is 4.99 Å². The molecule has 0 amide bonds. The summed E-state index contributed by atoms with van der Waals surface area (Å²) in [6.07, 6.45) is 6.95. The van der Waals surface area contributed by atoms with Gasteiger partial charge in [-0.1, -0.05) is 0 Å². The first kappa shape index (κ1) is 11.7. The van der Waals surface area contributed by atoms with Gasteiger partial charge in [-0.2, -0.15) is 11.8 Å². The van der Waals surface area contributed by atoms with Gasteiger partial charge in [-0.15, -0.1) is 0 Å². The number of rotatable bonds is 3. The Hall–Kier alpha value is -0.380. The van der Waals surface area contributed by atoms with Crippen molar-refractivity contribution >= 4 is 17.7 Å². The van der Waals surface area contributed by atoms with E-state index in [1.165, 1.54) is 43.6 Å². The number of aliphatic imine (C=N–C) groups is 1. The van der Waals surface area contributed by atoms with Crippen LogP contribution in [0.15, 0.2) is 4.99 Å². The van der Waals surface area contributed by atoms with Crippen molar-refractivity contribution in [1.29, 1.82) is 0 Å². The quantitative estimate of drug-likeness (QED) is 0.595. The summed E-state index contributed by atoms with van der Waals surface area (Å²) in [7, 11) is 1.87. The molecule has 4 heteroatoms. The van der Waals surface area contributed by atoms with E-state index in [0.717, 1.165) is 23.8 Å². The van der Waals surface area contributed by atoms with Crippen molar-refractivity contribution in [3.8, 4) is 0 Å². The molecule has 3 fully saturated rings. The molecule has 0 aromatic heterocycles. The molecule has 3 aliphatic rings. The smallest absolute Gasteiger partial charge is 0.191 e. The average Bonchev–Trinajstić information content (AvgIpc) is 3.25. The topological polar surface area (TPSA) is 36.4 Å². The fourth-order valence-electron chi connectivity index (χ4n) is 2.95. The maximum Gasteiger partial charge on any atom is 0.191 e. The maximum atomic E-state index is 4.29. The first-order chi connectivity index (χ1) is 8.32. The highest BCUT2D eigenvalue weighted by molar-refractivity contribution is 7.99. The Bertz CT molecular complexity index is 306. The Morgan fingerprint density at radius 2 is 2.12 bits per heavy atom. The van der Waals surface area contributed by atoms with E-state index < -0.39 is 0 Å². The minimum Gasteiger partial charge on any atom is -0.356 e. The molecule has 1 saturated heterocycles. The van der Waals surface area contributed by atoms with E-state index in [1.54, 1.807) is 0 Å². The van der Waals surface area contributed by atoms with Crippen LogP contribution in [0.1, 0.15) is 32.1 Å². The van der Waals surface area contributed by atoms with E-state index in [0.29, 0.717) is 6.04 Å². The third-order valence-corrected chi connectivity index (χ3v) is 5.49. The number of hydrogen-bond donors (Lipinski definition) is 2. The Morgan fingerprint density at radius 1 is 1.35 bits per heavy atom. The molecule has 2 aliphatic carbocycles. The van der Waals surface area contributed by atoms with Gasteiger partial charge in [0, 0.05) is 19.6 Å². The van der Waals surface area contributed by atoms with Crippen LogP contribution in [-0.4, -0.2) is 37.1 Å². The fourth-order valence-corrected chi connectivity index (χ4v) is 4.25. The van der Waals surface area contributed by atoms with Gasteiger partial charge in [0.2, 0.25) is 0 Å². The van der Waals surface area contributed by atoms with Crippen molar-refractivity contribution in [2.45, 2.75) is 38.1 Å². The van der Waals surface area contributed by atoms with Crippen LogP contribution in [0.2, 0.25) is 0 Å². The Morgan fingerprint density at radius 3 is 2.76 bits per heavy atom. The SMILES string of the molecule is CN=C(NCC1CC12CCSCC2)NC1CC1. The average molecular weight is 253 g/mol. The summed E-state index contributed by atoms with van der Waals surface area (Å²) >= 11 is 2.13. The van der Waals surface area contributed by atoms with Crippen LogP contribution in [0.25, 0.3) is 0 Å². The summed E-state index contributed by atoms with van der Waals surface area (Å²) in [5, 5.41) is 6.96. The molecule has 0 radical (unpaired) electrons. The van der Waals surface area contributed by atoms with Crippen LogP contribution < -0.4 is 10.6 Å². The van der Waals surface area contributed by atoms with Crippen molar-refractivity contribution < 1.29 is 0 Å². The lowest BCUT2D eigenvalue weighted by Crippen LogP contribution is -2.40. The van der Waals surface area contributed by atoms with E-state index in [4.69, 9.17) is 0 Å². The monoisotopic (exact) mass is 253 g/mol. The third-order valence-electron chi connectivity index (χ3n) is 4.51. The van der Waals surface area contributed by atoms with E-state index in [-0.39, 0.29) is 0 Å². The van der Waals surface area contributed by atoms with E-state index in [2.05, 4.69) is 27.4 Å². The number of nitrogens with zero attached hydrogens (tertiary/aromatic N) is 1. The van der Waals surface area contributed by atoms with Gasteiger partial charge < -0.3 is 10.6 Å². The van der Waals surface area contributed by atoms with Crippen molar-refractivity contribution in [3.63, 3.8) is 0 Å². The summed E-state index contributed by atoms with van der Waals surface area (Å²) in [5.41, 5.74) is 0.719. The summed E-state index contributed by atoms with van der Waals surface area (Å²) in [5.74, 6) is 4.68. The lowest BCUT2D eigenvalue weighted by Gasteiger charge is -2.22. The molecule has 17 heavy (non-hydrogen) atoms. The van der Waals surface area contributed by atoms with E-state index in [9.17, 15) is 0 Å². The summed E-state index contributed by atoms with van der Waals surface area (Å²) in [6, 6.07) is 0.695. The molecule has 2 saturated carbocycles. The van der Waals surface area contributed by atoms with Gasteiger partial charge in [0.15, 0.2) is 5.96 Å². The van der Waals surface area contributed by atoms with Crippen LogP contribution in [0.3, 0.4) is 0 Å². The lowest BCUT2D eigenvalue weighted by molar-refractivity contribution is 0.416. The first-order valence-corrected chi connectivity index (χ1v) is 8.03. The molecular formula is C13H23N3S. The molecule has 1 atom stereocenters. The summed E-state index contributed by atoms with van der Waals surface area (Å²) in [6.45, 7) is 1.12. The Kier molecular flexibility index (Phi) is 3.24. The largest absolute Gasteiger partial charge is 0.356 e. The molecule has 3 rings (SSSR count). The van der Waals surface area contributed by atoms with E-state index in [1.807, 2.05) is 7.05 Å². The molecule has 1 aliphatic heterocycles. The summed E-state index contributed by atoms with van der Waals surface area (Å²) < 4.78 is 0. The van der Waals surface area contributed by atoms with E-state index >= 15 is 0 Å². The zero-order valence-electron chi connectivity index (χ0n) is 10.7. The number of hydrogen-bond acceptors (Lipinski definition) is 2. The van der Waals surface area contributed by atoms with Gasteiger partial charge in [0.1, 0.15) is 0 Å². The highest BCUT2D eigenvalue weighted by Gasteiger charge is 2.53. The van der Waals surface area contributed by atoms with Crippen LogP contribution in [0.4, 0.5) is 0 Å². The molecular weight excluding hydrogens is 230 g/mol. The van der Waals surface area contributed by atoms with Crippen molar-refractivity contribution in [2.75, 3.05) is 25.1 Å². The fraction of sp³-hybridized carbons (Fsp3) is 0.923. The second kappa shape index (κ2) is 4.71. The Balaban J connectivity index is 1.42. The van der Waals surface area contributed by atoms with Crippen LogP contribution in [-0.2, 0) is 0 Å². The number of guanidine groups is 1. The van der Waals surface area contributed by atoms with Gasteiger partial charge in [0.25, 0.3) is 0 Å². The predicted molar refractivity (Wildman–Crippen MR) is 74.6 cm³/mol. The first-order valence-electron chi connectivity index (χ1n) is 6.87. The maximum absolute atomic E-state index is 4.29. The number of thioether (sulfide) groups is 1. The lowest BCUT2D eigenvalue weighted by atomic mass is 9.96. The van der Waals surface area contributed by atoms with Gasteiger partial charge >= 0.3 is 0 Å². The van der Waals surface area contributed by atoms with Gasteiger partial charge in [-0.25, -0.2) is 0 Å². The molecule has 1 unspecified atom stereocenters. The predicted octanol–water partition coefficient (Wildman–Crippen LogP) is 1.85. The van der Waals surface area contributed by atoms with Crippen molar-refractivity contribution in [3.05, 3.63) is 0 Å². The molecule has 1 heterocycles. The molecule has 1 spiro atoms. The second-order valence-electron chi connectivity index (χ2n) is 5.75. The molecule has 0 aromatic carbocycles. The zero-order valence-corrected chi connectivity index (χ0v) is 11.5. The molecule has 0 bridgehead atoms. The molecule has 2 N–H and O–H groups in total. The van der Waals surface area contributed by atoms with Crippen molar-refractivity contribution in [2.24, 2.45) is 16.3 Å². The van der Waals surface area contributed by atoms with Gasteiger partial charge in [-0.05, 0) is 54.9 Å². The molecule has 96 valence electrons.